The number of nitrogens with zero attached hydrogens (tertiary/aromatic N) is 3. The molecule has 0 unspecified atom stereocenters. The molecule has 0 radical (unpaired) electrons. The molecule has 2 aromatic carbocycles. The molecule has 4 rings (SSSR count). The van der Waals surface area contributed by atoms with Crippen LogP contribution in [0, 0.1) is 5.92 Å². The minimum atomic E-state index is -0.253. The van der Waals surface area contributed by atoms with Crippen LogP contribution in [0.1, 0.15) is 18.4 Å². The van der Waals surface area contributed by atoms with Crippen molar-refractivity contribution in [1.29, 1.82) is 0 Å². The number of carbonyl (C=O) groups excluding carboxylic acids is 1. The van der Waals surface area contributed by atoms with Gasteiger partial charge in [-0.15, -0.1) is 0 Å². The Bertz CT molecular complexity index is 1010. The second-order valence-corrected chi connectivity index (χ2v) is 7.59. The van der Waals surface area contributed by atoms with Crippen LogP contribution in [0.5, 0.6) is 0 Å². The monoisotopic (exact) mass is 387 g/mol. The first-order valence-electron chi connectivity index (χ1n) is 10.1. The zero-order valence-corrected chi connectivity index (χ0v) is 16.4. The van der Waals surface area contributed by atoms with Crippen molar-refractivity contribution in [2.75, 3.05) is 13.1 Å². The number of hydrogen-bond acceptors (Lipinski definition) is 3. The lowest BCUT2D eigenvalue weighted by molar-refractivity contribution is -0.133. The summed E-state index contributed by atoms with van der Waals surface area (Å²) >= 11 is 0. The highest BCUT2D eigenvalue weighted by molar-refractivity contribution is 5.76. The lowest BCUT2D eigenvalue weighted by Gasteiger charge is -2.32. The summed E-state index contributed by atoms with van der Waals surface area (Å²) in [4.78, 5) is 26.8. The fraction of sp³-hybridized carbons (Fsp3) is 0.292. The van der Waals surface area contributed by atoms with E-state index >= 15 is 0 Å². The van der Waals surface area contributed by atoms with E-state index in [1.54, 1.807) is 6.07 Å². The van der Waals surface area contributed by atoms with Crippen molar-refractivity contribution in [2.24, 2.45) is 5.92 Å². The van der Waals surface area contributed by atoms with E-state index in [0.717, 1.165) is 37.9 Å². The van der Waals surface area contributed by atoms with Gasteiger partial charge in [0.15, 0.2) is 0 Å². The third kappa shape index (κ3) is 4.80. The van der Waals surface area contributed by atoms with Crippen LogP contribution >= 0.6 is 0 Å². The first-order valence-corrected chi connectivity index (χ1v) is 10.1. The largest absolute Gasteiger partial charge is 0.341 e. The quantitative estimate of drug-likeness (QED) is 0.674. The highest BCUT2D eigenvalue weighted by atomic mass is 16.2. The van der Waals surface area contributed by atoms with Gasteiger partial charge in [0.25, 0.3) is 5.56 Å². The second kappa shape index (κ2) is 8.86. The van der Waals surface area contributed by atoms with Crippen molar-refractivity contribution in [3.8, 4) is 11.3 Å². The van der Waals surface area contributed by atoms with E-state index < -0.39 is 0 Å². The number of amides is 1. The standard InChI is InChI=1S/C24H25N3O2/c28-23-12-11-22(21-9-5-2-6-10-21)25-27(23)18-24(29)26-15-13-20(14-16-26)17-19-7-3-1-4-8-19/h1-12,20H,13-18H2. The summed E-state index contributed by atoms with van der Waals surface area (Å²) in [5, 5.41) is 4.40. The Balaban J connectivity index is 1.37. The molecule has 0 N–H and O–H groups in total. The van der Waals surface area contributed by atoms with Gasteiger partial charge < -0.3 is 4.90 Å². The zero-order valence-electron chi connectivity index (χ0n) is 16.4. The number of rotatable bonds is 5. The Morgan fingerprint density at radius 3 is 2.24 bits per heavy atom. The first-order chi connectivity index (χ1) is 14.2. The van der Waals surface area contributed by atoms with Crippen molar-refractivity contribution < 1.29 is 4.79 Å². The van der Waals surface area contributed by atoms with Crippen LogP contribution in [-0.2, 0) is 17.8 Å². The fourth-order valence-corrected chi connectivity index (χ4v) is 3.89. The molecule has 29 heavy (non-hydrogen) atoms. The molecule has 148 valence electrons. The molecular formula is C24H25N3O2. The molecule has 2 heterocycles. The van der Waals surface area contributed by atoms with E-state index in [0.29, 0.717) is 11.6 Å². The number of aromatic nitrogens is 2. The number of likely N-dealkylation sites (tertiary alicyclic amines) is 1. The van der Waals surface area contributed by atoms with Crippen LogP contribution in [-0.4, -0.2) is 33.7 Å². The van der Waals surface area contributed by atoms with Gasteiger partial charge in [0, 0.05) is 24.7 Å². The average Bonchev–Trinajstić information content (AvgIpc) is 2.77. The first kappa shape index (κ1) is 19.1. The van der Waals surface area contributed by atoms with Crippen LogP contribution in [0.2, 0.25) is 0 Å². The van der Waals surface area contributed by atoms with Gasteiger partial charge in [0.1, 0.15) is 6.54 Å². The minimum Gasteiger partial charge on any atom is -0.341 e. The fourth-order valence-electron chi connectivity index (χ4n) is 3.89. The smallest absolute Gasteiger partial charge is 0.267 e. The molecule has 3 aromatic rings. The van der Waals surface area contributed by atoms with Crippen LogP contribution < -0.4 is 5.56 Å². The van der Waals surface area contributed by atoms with Gasteiger partial charge in [-0.05, 0) is 36.8 Å². The van der Waals surface area contributed by atoms with Gasteiger partial charge in [0.2, 0.25) is 5.91 Å². The Morgan fingerprint density at radius 1 is 0.897 bits per heavy atom. The summed E-state index contributed by atoms with van der Waals surface area (Å²) in [5.74, 6) is 0.562. The minimum absolute atomic E-state index is 0.0111. The number of benzene rings is 2. The number of piperidine rings is 1. The SMILES string of the molecule is O=C(Cn1nc(-c2ccccc2)ccc1=O)N1CCC(Cc2ccccc2)CC1. The predicted molar refractivity (Wildman–Crippen MR) is 113 cm³/mol. The lowest BCUT2D eigenvalue weighted by Crippen LogP contribution is -2.42. The third-order valence-electron chi connectivity index (χ3n) is 5.56. The summed E-state index contributed by atoms with van der Waals surface area (Å²) in [7, 11) is 0. The Morgan fingerprint density at radius 2 is 1.55 bits per heavy atom. The van der Waals surface area contributed by atoms with E-state index in [9.17, 15) is 9.59 Å². The van der Waals surface area contributed by atoms with Crippen LogP contribution in [0.3, 0.4) is 0 Å². The van der Waals surface area contributed by atoms with Gasteiger partial charge in [-0.2, -0.15) is 5.10 Å². The van der Waals surface area contributed by atoms with E-state index in [1.807, 2.05) is 41.3 Å². The van der Waals surface area contributed by atoms with Gasteiger partial charge in [-0.1, -0.05) is 60.7 Å². The normalized spacial score (nSPS) is 14.7. The summed E-state index contributed by atoms with van der Waals surface area (Å²) < 4.78 is 1.28. The average molecular weight is 387 g/mol. The van der Waals surface area contributed by atoms with Crippen molar-refractivity contribution in [3.05, 3.63) is 88.7 Å². The molecule has 5 nitrogen and oxygen atoms in total. The van der Waals surface area contributed by atoms with E-state index in [4.69, 9.17) is 0 Å². The molecule has 1 saturated heterocycles. The molecule has 1 aliphatic heterocycles. The molecule has 0 spiro atoms. The molecule has 5 heteroatoms. The Kier molecular flexibility index (Phi) is 5.84. The van der Waals surface area contributed by atoms with Crippen molar-refractivity contribution >= 4 is 5.91 Å². The molecular weight excluding hydrogens is 362 g/mol. The van der Waals surface area contributed by atoms with Crippen LogP contribution in [0.4, 0.5) is 0 Å². The Hall–Kier alpha value is -3.21. The van der Waals surface area contributed by atoms with Crippen LogP contribution in [0.15, 0.2) is 77.6 Å². The van der Waals surface area contributed by atoms with Crippen molar-refractivity contribution in [1.82, 2.24) is 14.7 Å². The summed E-state index contributed by atoms with van der Waals surface area (Å²) in [6.07, 6.45) is 3.04. The molecule has 1 fully saturated rings. The maximum absolute atomic E-state index is 12.8. The number of hydrogen-bond donors (Lipinski definition) is 0. The zero-order chi connectivity index (χ0) is 20.1. The summed E-state index contributed by atoms with van der Waals surface area (Å²) in [6.45, 7) is 1.47. The molecule has 1 aromatic heterocycles. The highest BCUT2D eigenvalue weighted by Crippen LogP contribution is 2.22. The van der Waals surface area contributed by atoms with Gasteiger partial charge in [0.05, 0.1) is 5.69 Å². The van der Waals surface area contributed by atoms with Crippen molar-refractivity contribution in [2.45, 2.75) is 25.8 Å². The maximum atomic E-state index is 12.8. The van der Waals surface area contributed by atoms with Gasteiger partial charge in [-0.3, -0.25) is 9.59 Å². The molecule has 1 amide bonds. The van der Waals surface area contributed by atoms with Crippen molar-refractivity contribution in [3.63, 3.8) is 0 Å². The maximum Gasteiger partial charge on any atom is 0.267 e. The molecule has 0 saturated carbocycles. The van der Waals surface area contributed by atoms with Crippen LogP contribution in [0.25, 0.3) is 11.3 Å². The molecule has 1 aliphatic rings. The lowest BCUT2D eigenvalue weighted by atomic mass is 9.90. The molecule has 0 aliphatic carbocycles. The van der Waals surface area contributed by atoms with Gasteiger partial charge >= 0.3 is 0 Å². The van der Waals surface area contributed by atoms with Gasteiger partial charge in [-0.25, -0.2) is 4.68 Å². The highest BCUT2D eigenvalue weighted by Gasteiger charge is 2.23. The molecule has 0 atom stereocenters. The topological polar surface area (TPSA) is 55.2 Å². The predicted octanol–water partition coefficient (Wildman–Crippen LogP) is 3.39. The second-order valence-electron chi connectivity index (χ2n) is 7.59. The van der Waals surface area contributed by atoms with E-state index in [-0.39, 0.29) is 18.0 Å². The Labute approximate surface area is 170 Å². The van der Waals surface area contributed by atoms with E-state index in [1.165, 1.54) is 16.3 Å². The molecule has 0 bridgehead atoms. The third-order valence-corrected chi connectivity index (χ3v) is 5.56. The summed E-state index contributed by atoms with van der Waals surface area (Å²) in [6, 6.07) is 23.4. The summed E-state index contributed by atoms with van der Waals surface area (Å²) in [5.41, 5.74) is 2.72. The number of carbonyl (C=O) groups is 1. The van der Waals surface area contributed by atoms with E-state index in [2.05, 4.69) is 29.4 Å².